The van der Waals surface area contributed by atoms with E-state index in [1.54, 1.807) is 13.0 Å². The maximum Gasteiger partial charge on any atom is 0.242 e. The van der Waals surface area contributed by atoms with Crippen molar-refractivity contribution in [2.24, 2.45) is 5.73 Å². The molecule has 0 fully saturated rings. The van der Waals surface area contributed by atoms with E-state index in [2.05, 4.69) is 15.6 Å². The second-order valence-corrected chi connectivity index (χ2v) is 6.56. The van der Waals surface area contributed by atoms with Gasteiger partial charge in [-0.2, -0.15) is 0 Å². The van der Waals surface area contributed by atoms with E-state index in [1.165, 1.54) is 0 Å². The molecule has 2 unspecified atom stereocenters. The van der Waals surface area contributed by atoms with Crippen molar-refractivity contribution in [3.63, 3.8) is 0 Å². The third-order valence-corrected chi connectivity index (χ3v) is 4.35. The molecule has 2 rings (SSSR count). The van der Waals surface area contributed by atoms with E-state index in [0.29, 0.717) is 25.2 Å². The number of rotatable bonds is 8. The molecule has 1 aromatic heterocycles. The fraction of sp³-hybridized carbons (Fsp3) is 0.350. The maximum atomic E-state index is 12.2. The summed E-state index contributed by atoms with van der Waals surface area (Å²) < 4.78 is 0. The molecule has 1 aromatic carbocycles. The molecular formula is C20H29Cl2N5O2. The monoisotopic (exact) mass is 441 g/mol. The molecule has 2 aromatic rings. The molecule has 6 N–H and O–H groups in total. The summed E-state index contributed by atoms with van der Waals surface area (Å²) in [7, 11) is 0. The molecular weight excluding hydrogens is 413 g/mol. The standard InChI is InChI=1S/C20H27N5O2.2ClH/c1-13-16(9-11-18(22)24-13)12-23-19(26)14(2)25-20(27)17(21)10-8-15-6-4-3-5-7-15;;/h3-7,9,11,14,17H,8,10,12,21H2,1-2H3,(H2,22,24)(H,23,26)(H,25,27);2*1H. The quantitative estimate of drug-likeness (QED) is 0.497. The highest BCUT2D eigenvalue weighted by Gasteiger charge is 2.20. The van der Waals surface area contributed by atoms with Crippen LogP contribution in [0.2, 0.25) is 0 Å². The summed E-state index contributed by atoms with van der Waals surface area (Å²) in [5.41, 5.74) is 14.3. The van der Waals surface area contributed by atoms with E-state index in [0.717, 1.165) is 16.8 Å². The minimum Gasteiger partial charge on any atom is -0.384 e. The predicted octanol–water partition coefficient (Wildman–Crippen LogP) is 1.90. The average Bonchev–Trinajstić information content (AvgIpc) is 2.65. The lowest BCUT2D eigenvalue weighted by atomic mass is 10.1. The molecule has 2 amide bonds. The SMILES string of the molecule is Cc1nc(N)ccc1CNC(=O)C(C)NC(=O)C(N)CCc1ccccc1.Cl.Cl. The molecule has 0 aliphatic heterocycles. The maximum absolute atomic E-state index is 12.2. The van der Waals surface area contributed by atoms with E-state index in [-0.39, 0.29) is 36.6 Å². The van der Waals surface area contributed by atoms with Gasteiger partial charge < -0.3 is 22.1 Å². The first-order chi connectivity index (χ1) is 12.9. The highest BCUT2D eigenvalue weighted by Crippen LogP contribution is 2.08. The van der Waals surface area contributed by atoms with Gasteiger partial charge in [0.15, 0.2) is 0 Å². The largest absolute Gasteiger partial charge is 0.384 e. The Morgan fingerprint density at radius 2 is 1.72 bits per heavy atom. The van der Waals surface area contributed by atoms with Crippen LogP contribution in [0.3, 0.4) is 0 Å². The van der Waals surface area contributed by atoms with Gasteiger partial charge in [0.1, 0.15) is 11.9 Å². The number of hydrogen-bond donors (Lipinski definition) is 4. The molecule has 29 heavy (non-hydrogen) atoms. The number of anilines is 1. The number of carbonyl (C=O) groups is 2. The Bertz CT molecular complexity index is 790. The van der Waals surface area contributed by atoms with Crippen molar-refractivity contribution in [3.05, 3.63) is 59.3 Å². The number of hydrogen-bond acceptors (Lipinski definition) is 5. The molecule has 1 heterocycles. The average molecular weight is 442 g/mol. The molecule has 0 saturated carbocycles. The topological polar surface area (TPSA) is 123 Å². The molecule has 7 nitrogen and oxygen atoms in total. The zero-order chi connectivity index (χ0) is 19.8. The third-order valence-electron chi connectivity index (χ3n) is 4.35. The summed E-state index contributed by atoms with van der Waals surface area (Å²) in [6.07, 6.45) is 1.22. The van der Waals surface area contributed by atoms with Crippen molar-refractivity contribution in [1.82, 2.24) is 15.6 Å². The van der Waals surface area contributed by atoms with Crippen molar-refractivity contribution < 1.29 is 9.59 Å². The van der Waals surface area contributed by atoms with Crippen LogP contribution in [0.15, 0.2) is 42.5 Å². The second-order valence-electron chi connectivity index (χ2n) is 6.56. The van der Waals surface area contributed by atoms with Gasteiger partial charge in [-0.3, -0.25) is 9.59 Å². The summed E-state index contributed by atoms with van der Waals surface area (Å²) in [4.78, 5) is 28.6. The van der Waals surface area contributed by atoms with Gasteiger partial charge in [0.05, 0.1) is 6.04 Å². The lowest BCUT2D eigenvalue weighted by Gasteiger charge is -2.18. The van der Waals surface area contributed by atoms with Crippen molar-refractivity contribution >= 4 is 42.4 Å². The first kappa shape index (κ1) is 26.6. The number of pyridine rings is 1. The number of benzene rings is 1. The normalized spacial score (nSPS) is 12.0. The fourth-order valence-corrected chi connectivity index (χ4v) is 2.62. The van der Waals surface area contributed by atoms with Crippen LogP contribution >= 0.6 is 24.8 Å². The number of nitrogens with two attached hydrogens (primary N) is 2. The number of carbonyl (C=O) groups excluding carboxylic acids is 2. The van der Waals surface area contributed by atoms with Crippen LogP contribution in [0.1, 0.15) is 30.2 Å². The second kappa shape index (κ2) is 13.0. The summed E-state index contributed by atoms with van der Waals surface area (Å²) >= 11 is 0. The smallest absolute Gasteiger partial charge is 0.242 e. The molecule has 9 heteroatoms. The molecule has 0 aliphatic carbocycles. The Hall–Kier alpha value is -2.35. The van der Waals surface area contributed by atoms with E-state index in [9.17, 15) is 9.59 Å². The van der Waals surface area contributed by atoms with Crippen LogP contribution in [-0.2, 0) is 22.6 Å². The van der Waals surface area contributed by atoms with Crippen LogP contribution in [-0.4, -0.2) is 28.9 Å². The zero-order valence-corrected chi connectivity index (χ0v) is 18.2. The summed E-state index contributed by atoms with van der Waals surface area (Å²) in [6, 6.07) is 12.0. The first-order valence-corrected chi connectivity index (χ1v) is 8.96. The van der Waals surface area contributed by atoms with Gasteiger partial charge in [-0.1, -0.05) is 36.4 Å². The number of aryl methyl sites for hydroxylation is 2. The predicted molar refractivity (Wildman–Crippen MR) is 120 cm³/mol. The Balaban J connectivity index is 0.00000392. The number of nitrogens with one attached hydrogen (secondary N) is 2. The fourth-order valence-electron chi connectivity index (χ4n) is 2.62. The number of nitrogens with zero attached hydrogens (tertiary/aromatic N) is 1. The number of aromatic nitrogens is 1. The van der Waals surface area contributed by atoms with Crippen LogP contribution in [0.4, 0.5) is 5.82 Å². The van der Waals surface area contributed by atoms with Gasteiger partial charge in [0.25, 0.3) is 0 Å². The Morgan fingerprint density at radius 3 is 2.34 bits per heavy atom. The van der Waals surface area contributed by atoms with Crippen LogP contribution in [0, 0.1) is 6.92 Å². The molecule has 0 aliphatic rings. The Kier molecular flexibility index (Phi) is 11.9. The number of halogens is 2. The highest BCUT2D eigenvalue weighted by atomic mass is 35.5. The summed E-state index contributed by atoms with van der Waals surface area (Å²) in [5, 5.41) is 5.45. The van der Waals surface area contributed by atoms with Gasteiger partial charge in [0.2, 0.25) is 11.8 Å². The van der Waals surface area contributed by atoms with Crippen LogP contribution < -0.4 is 22.1 Å². The highest BCUT2D eigenvalue weighted by molar-refractivity contribution is 5.89. The van der Waals surface area contributed by atoms with Crippen LogP contribution in [0.5, 0.6) is 0 Å². The Labute approximate surface area is 183 Å². The van der Waals surface area contributed by atoms with Gasteiger partial charge >= 0.3 is 0 Å². The first-order valence-electron chi connectivity index (χ1n) is 8.96. The van der Waals surface area contributed by atoms with E-state index < -0.39 is 12.1 Å². The van der Waals surface area contributed by atoms with Crippen molar-refractivity contribution in [2.75, 3.05) is 5.73 Å². The lowest BCUT2D eigenvalue weighted by Crippen LogP contribution is -2.50. The number of amides is 2. The minimum absolute atomic E-state index is 0. The zero-order valence-electron chi connectivity index (χ0n) is 16.6. The molecule has 0 radical (unpaired) electrons. The lowest BCUT2D eigenvalue weighted by molar-refractivity contribution is -0.129. The number of nitrogen functional groups attached to an aromatic ring is 1. The van der Waals surface area contributed by atoms with Crippen LogP contribution in [0.25, 0.3) is 0 Å². The summed E-state index contributed by atoms with van der Waals surface area (Å²) in [6.45, 7) is 3.78. The molecule has 2 atom stereocenters. The third kappa shape index (κ3) is 8.68. The van der Waals surface area contributed by atoms with E-state index >= 15 is 0 Å². The van der Waals surface area contributed by atoms with E-state index in [1.807, 2.05) is 43.3 Å². The Morgan fingerprint density at radius 1 is 1.07 bits per heavy atom. The molecule has 160 valence electrons. The molecule has 0 bridgehead atoms. The molecule has 0 spiro atoms. The van der Waals surface area contributed by atoms with E-state index in [4.69, 9.17) is 11.5 Å². The van der Waals surface area contributed by atoms with Crippen molar-refractivity contribution in [2.45, 2.75) is 45.3 Å². The summed E-state index contributed by atoms with van der Waals surface area (Å²) in [5.74, 6) is -0.179. The van der Waals surface area contributed by atoms with Gasteiger partial charge in [-0.25, -0.2) is 4.98 Å². The van der Waals surface area contributed by atoms with Crippen molar-refractivity contribution in [3.8, 4) is 0 Å². The van der Waals surface area contributed by atoms with Gasteiger partial charge in [0, 0.05) is 12.2 Å². The van der Waals surface area contributed by atoms with Crippen molar-refractivity contribution in [1.29, 1.82) is 0 Å². The molecule has 0 saturated heterocycles. The van der Waals surface area contributed by atoms with Gasteiger partial charge in [-0.05, 0) is 43.9 Å². The van der Waals surface area contributed by atoms with Gasteiger partial charge in [-0.15, -0.1) is 24.8 Å². The minimum atomic E-state index is -0.678.